The molecule has 0 aromatic rings. The zero-order valence-corrected chi connectivity index (χ0v) is 12.5. The Morgan fingerprint density at radius 2 is 2.06 bits per heavy atom. The lowest BCUT2D eigenvalue weighted by molar-refractivity contribution is 0.176. The van der Waals surface area contributed by atoms with Crippen LogP contribution < -0.4 is 5.32 Å². The lowest BCUT2D eigenvalue weighted by atomic mass is 9.91. The number of nitrogens with one attached hydrogen (secondary N) is 1. The predicted molar refractivity (Wildman–Crippen MR) is 77.9 cm³/mol. The topological polar surface area (TPSA) is 18.5 Å². The van der Waals surface area contributed by atoms with Gasteiger partial charge in [-0.15, -0.1) is 0 Å². The molecule has 2 heterocycles. The van der Waals surface area contributed by atoms with Crippen LogP contribution >= 0.6 is 0 Å². The number of hydrogen-bond acceptors (Lipinski definition) is 3. The third-order valence-electron chi connectivity index (χ3n) is 4.91. The van der Waals surface area contributed by atoms with Crippen molar-refractivity contribution in [3.8, 4) is 0 Å². The Kier molecular flexibility index (Phi) is 5.46. The molecule has 0 aromatic heterocycles. The molecule has 0 amide bonds. The fourth-order valence-electron chi connectivity index (χ4n) is 3.50. The van der Waals surface area contributed by atoms with E-state index in [9.17, 15) is 0 Å². The van der Waals surface area contributed by atoms with Crippen molar-refractivity contribution in [1.82, 2.24) is 15.1 Å². The summed E-state index contributed by atoms with van der Waals surface area (Å²) in [6.45, 7) is 12.3. The van der Waals surface area contributed by atoms with Gasteiger partial charge in [0.25, 0.3) is 0 Å². The van der Waals surface area contributed by atoms with E-state index in [1.807, 2.05) is 0 Å². The van der Waals surface area contributed by atoms with E-state index < -0.39 is 0 Å². The van der Waals surface area contributed by atoms with Crippen molar-refractivity contribution in [2.24, 2.45) is 11.8 Å². The molecule has 0 aromatic carbocycles. The van der Waals surface area contributed by atoms with Crippen LogP contribution in [-0.4, -0.2) is 62.2 Å². The van der Waals surface area contributed by atoms with Crippen molar-refractivity contribution < 1.29 is 0 Å². The molecular weight excluding hydrogens is 222 g/mol. The summed E-state index contributed by atoms with van der Waals surface area (Å²) in [7, 11) is 2.26. The Morgan fingerprint density at radius 1 is 1.22 bits per heavy atom. The maximum Gasteiger partial charge on any atom is 0.00793 e. The summed E-state index contributed by atoms with van der Waals surface area (Å²) in [5.74, 6) is 1.74. The van der Waals surface area contributed by atoms with Crippen molar-refractivity contribution in [2.75, 3.05) is 46.3 Å². The molecule has 2 aliphatic heterocycles. The van der Waals surface area contributed by atoms with E-state index in [0.29, 0.717) is 6.04 Å². The molecule has 0 bridgehead atoms. The van der Waals surface area contributed by atoms with Crippen LogP contribution in [0.5, 0.6) is 0 Å². The average Bonchev–Trinajstić information content (AvgIpc) is 2.84. The normalized spacial score (nSPS) is 32.8. The van der Waals surface area contributed by atoms with Crippen LogP contribution in [0.15, 0.2) is 0 Å². The minimum Gasteiger partial charge on any atom is -0.314 e. The number of hydrogen-bond donors (Lipinski definition) is 1. The Labute approximate surface area is 113 Å². The summed E-state index contributed by atoms with van der Waals surface area (Å²) in [6, 6.07) is 0.684. The van der Waals surface area contributed by atoms with Gasteiger partial charge >= 0.3 is 0 Å². The highest BCUT2D eigenvalue weighted by Gasteiger charge is 2.25. The first-order valence-electron chi connectivity index (χ1n) is 7.83. The molecule has 106 valence electrons. The highest BCUT2D eigenvalue weighted by atomic mass is 15.1. The zero-order chi connectivity index (χ0) is 13.0. The molecule has 0 saturated carbocycles. The van der Waals surface area contributed by atoms with E-state index in [0.717, 1.165) is 11.8 Å². The second-order valence-electron chi connectivity index (χ2n) is 6.41. The predicted octanol–water partition coefficient (Wildman–Crippen LogP) is 1.65. The smallest absolute Gasteiger partial charge is 0.00793 e. The minimum atomic E-state index is 0.684. The second kappa shape index (κ2) is 6.88. The molecule has 3 unspecified atom stereocenters. The number of likely N-dealkylation sites (tertiary alicyclic amines) is 2. The van der Waals surface area contributed by atoms with E-state index in [1.165, 1.54) is 58.5 Å². The number of rotatable bonds is 5. The molecule has 0 spiro atoms. The van der Waals surface area contributed by atoms with Crippen molar-refractivity contribution in [3.63, 3.8) is 0 Å². The quantitative estimate of drug-likeness (QED) is 0.804. The minimum absolute atomic E-state index is 0.684. The largest absolute Gasteiger partial charge is 0.314 e. The lowest BCUT2D eigenvalue weighted by Gasteiger charge is -2.34. The Balaban J connectivity index is 1.66. The van der Waals surface area contributed by atoms with E-state index >= 15 is 0 Å². The van der Waals surface area contributed by atoms with Gasteiger partial charge < -0.3 is 15.1 Å². The monoisotopic (exact) mass is 253 g/mol. The van der Waals surface area contributed by atoms with Crippen LogP contribution in [0.3, 0.4) is 0 Å². The fraction of sp³-hybridized carbons (Fsp3) is 1.00. The van der Waals surface area contributed by atoms with Gasteiger partial charge in [0, 0.05) is 19.1 Å². The van der Waals surface area contributed by atoms with E-state index in [1.54, 1.807) is 0 Å². The Hall–Kier alpha value is -0.120. The molecule has 0 aliphatic carbocycles. The van der Waals surface area contributed by atoms with Crippen LogP contribution in [0.25, 0.3) is 0 Å². The van der Waals surface area contributed by atoms with Crippen LogP contribution in [0.1, 0.15) is 33.1 Å². The van der Waals surface area contributed by atoms with Crippen molar-refractivity contribution in [3.05, 3.63) is 0 Å². The van der Waals surface area contributed by atoms with Crippen LogP contribution in [0, 0.1) is 11.8 Å². The van der Waals surface area contributed by atoms with Crippen LogP contribution in [-0.2, 0) is 0 Å². The maximum absolute atomic E-state index is 3.81. The summed E-state index contributed by atoms with van der Waals surface area (Å²) >= 11 is 0. The molecule has 2 fully saturated rings. The molecular formula is C15H31N3. The van der Waals surface area contributed by atoms with Crippen LogP contribution in [0.2, 0.25) is 0 Å². The first-order valence-corrected chi connectivity index (χ1v) is 7.83. The molecule has 2 rings (SSSR count). The summed E-state index contributed by atoms with van der Waals surface area (Å²) in [6.07, 6.45) is 4.17. The van der Waals surface area contributed by atoms with Gasteiger partial charge in [-0.25, -0.2) is 0 Å². The third kappa shape index (κ3) is 3.94. The third-order valence-corrected chi connectivity index (χ3v) is 4.91. The Bertz CT molecular complexity index is 244. The summed E-state index contributed by atoms with van der Waals surface area (Å²) in [5, 5.41) is 3.81. The molecule has 2 saturated heterocycles. The summed E-state index contributed by atoms with van der Waals surface area (Å²) < 4.78 is 0. The van der Waals surface area contributed by atoms with E-state index in [4.69, 9.17) is 0 Å². The zero-order valence-electron chi connectivity index (χ0n) is 12.5. The first-order chi connectivity index (χ1) is 8.69. The van der Waals surface area contributed by atoms with Gasteiger partial charge in [0.2, 0.25) is 0 Å². The van der Waals surface area contributed by atoms with Gasteiger partial charge in [0.05, 0.1) is 0 Å². The first kappa shape index (κ1) is 14.3. The molecule has 3 heteroatoms. The fourth-order valence-corrected chi connectivity index (χ4v) is 3.50. The molecule has 0 radical (unpaired) electrons. The molecule has 1 N–H and O–H groups in total. The second-order valence-corrected chi connectivity index (χ2v) is 6.41. The molecule has 3 atom stereocenters. The van der Waals surface area contributed by atoms with Gasteiger partial charge in [-0.3, -0.25) is 0 Å². The maximum atomic E-state index is 3.81. The van der Waals surface area contributed by atoms with Gasteiger partial charge in [0.1, 0.15) is 0 Å². The van der Waals surface area contributed by atoms with Gasteiger partial charge in [-0.05, 0) is 71.2 Å². The van der Waals surface area contributed by atoms with Gasteiger partial charge in [0.15, 0.2) is 0 Å². The molecule has 2 aliphatic rings. The molecule has 3 nitrogen and oxygen atoms in total. The SMILES string of the molecule is CCN1CCC(CNC(C)C2CCCN(C)C2)C1. The highest BCUT2D eigenvalue weighted by molar-refractivity contribution is 4.82. The van der Waals surface area contributed by atoms with Crippen molar-refractivity contribution >= 4 is 0 Å². The van der Waals surface area contributed by atoms with E-state index in [-0.39, 0.29) is 0 Å². The van der Waals surface area contributed by atoms with Gasteiger partial charge in [-0.2, -0.15) is 0 Å². The summed E-state index contributed by atoms with van der Waals surface area (Å²) in [4.78, 5) is 5.06. The molecule has 18 heavy (non-hydrogen) atoms. The van der Waals surface area contributed by atoms with E-state index in [2.05, 4.69) is 36.0 Å². The Morgan fingerprint density at radius 3 is 2.72 bits per heavy atom. The van der Waals surface area contributed by atoms with Gasteiger partial charge in [-0.1, -0.05) is 6.92 Å². The van der Waals surface area contributed by atoms with Crippen molar-refractivity contribution in [2.45, 2.75) is 39.2 Å². The van der Waals surface area contributed by atoms with Crippen molar-refractivity contribution in [1.29, 1.82) is 0 Å². The average molecular weight is 253 g/mol. The lowest BCUT2D eigenvalue weighted by Crippen LogP contribution is -2.44. The van der Waals surface area contributed by atoms with Crippen LogP contribution in [0.4, 0.5) is 0 Å². The summed E-state index contributed by atoms with van der Waals surface area (Å²) in [5.41, 5.74) is 0. The number of nitrogens with zero attached hydrogens (tertiary/aromatic N) is 2. The number of piperidine rings is 1. The standard InChI is InChI=1S/C15H31N3/c1-4-18-9-7-14(11-18)10-16-13(2)15-6-5-8-17(3)12-15/h13-16H,4-12H2,1-3H3. The highest BCUT2D eigenvalue weighted by Crippen LogP contribution is 2.20.